The van der Waals surface area contributed by atoms with E-state index < -0.39 is 0 Å². The number of hydrogen-bond donors (Lipinski definition) is 1. The van der Waals surface area contributed by atoms with Gasteiger partial charge in [-0.25, -0.2) is 4.98 Å². The Morgan fingerprint density at radius 2 is 2.29 bits per heavy atom. The van der Waals surface area contributed by atoms with Crippen molar-refractivity contribution in [2.24, 2.45) is 5.41 Å². The Morgan fingerprint density at radius 3 is 2.94 bits per heavy atom. The van der Waals surface area contributed by atoms with Gasteiger partial charge >= 0.3 is 0 Å². The van der Waals surface area contributed by atoms with E-state index in [2.05, 4.69) is 27.0 Å². The molecule has 2 saturated carbocycles. The van der Waals surface area contributed by atoms with E-state index in [4.69, 9.17) is 0 Å². The molecule has 0 bridgehead atoms. The lowest BCUT2D eigenvalue weighted by molar-refractivity contribution is 0.427. The molecule has 4 heteroatoms. The normalized spacial score (nSPS) is 21.7. The van der Waals surface area contributed by atoms with Gasteiger partial charge in [-0.15, -0.1) is 0 Å². The van der Waals surface area contributed by atoms with Crippen LogP contribution in [-0.4, -0.2) is 27.4 Å². The van der Waals surface area contributed by atoms with E-state index in [1.165, 1.54) is 38.1 Å². The van der Waals surface area contributed by atoms with Crippen molar-refractivity contribution in [2.75, 3.05) is 6.54 Å². The summed E-state index contributed by atoms with van der Waals surface area (Å²) in [5.41, 5.74) is 0.501. The van der Waals surface area contributed by atoms with Crippen molar-refractivity contribution in [3.8, 4) is 0 Å². The summed E-state index contributed by atoms with van der Waals surface area (Å²) in [6, 6.07) is 0.820. The summed E-state index contributed by atoms with van der Waals surface area (Å²) in [4.78, 5) is 4.43. The Bertz CT molecular complexity index is 377. The van der Waals surface area contributed by atoms with Crippen molar-refractivity contribution in [2.45, 2.75) is 58.0 Å². The van der Waals surface area contributed by atoms with Crippen LogP contribution < -0.4 is 5.32 Å². The van der Waals surface area contributed by atoms with E-state index in [0.29, 0.717) is 5.41 Å². The maximum atomic E-state index is 4.43. The summed E-state index contributed by atoms with van der Waals surface area (Å²) in [6.07, 6.45) is 9.40. The Labute approximate surface area is 103 Å². The number of nitrogens with one attached hydrogen (secondary N) is 1. The van der Waals surface area contributed by atoms with Crippen molar-refractivity contribution in [1.82, 2.24) is 20.1 Å². The first-order valence-corrected chi connectivity index (χ1v) is 6.91. The maximum Gasteiger partial charge on any atom is 0.138 e. The molecule has 2 aliphatic rings. The lowest BCUT2D eigenvalue weighted by atomic mass is 10.0. The van der Waals surface area contributed by atoms with Gasteiger partial charge in [0.05, 0.1) is 0 Å². The summed E-state index contributed by atoms with van der Waals surface area (Å²) < 4.78 is 2.08. The van der Waals surface area contributed by atoms with Crippen molar-refractivity contribution in [3.05, 3.63) is 12.2 Å². The number of rotatable bonds is 7. The highest BCUT2D eigenvalue weighted by Crippen LogP contribution is 2.48. The Balaban J connectivity index is 1.58. The van der Waals surface area contributed by atoms with Crippen LogP contribution in [0.1, 0.15) is 44.9 Å². The van der Waals surface area contributed by atoms with Gasteiger partial charge in [-0.05, 0) is 37.5 Å². The van der Waals surface area contributed by atoms with E-state index >= 15 is 0 Å². The molecule has 0 radical (unpaired) electrons. The van der Waals surface area contributed by atoms with Crippen LogP contribution in [0.4, 0.5) is 0 Å². The highest BCUT2D eigenvalue weighted by Gasteiger charge is 2.44. The zero-order valence-electron chi connectivity index (χ0n) is 10.7. The topological polar surface area (TPSA) is 42.7 Å². The predicted molar refractivity (Wildman–Crippen MR) is 66.7 cm³/mol. The molecule has 0 amide bonds. The highest BCUT2D eigenvalue weighted by molar-refractivity contribution is 5.04. The van der Waals surface area contributed by atoms with Crippen molar-refractivity contribution < 1.29 is 0 Å². The number of hydrogen-bond acceptors (Lipinski definition) is 3. The van der Waals surface area contributed by atoms with Crippen LogP contribution in [0.25, 0.3) is 0 Å². The van der Waals surface area contributed by atoms with E-state index in [0.717, 1.165) is 25.4 Å². The molecular weight excluding hydrogens is 212 g/mol. The van der Waals surface area contributed by atoms with Crippen LogP contribution in [-0.2, 0) is 13.0 Å². The minimum Gasteiger partial charge on any atom is -0.313 e. The Morgan fingerprint density at radius 1 is 1.47 bits per heavy atom. The van der Waals surface area contributed by atoms with E-state index in [9.17, 15) is 0 Å². The fraction of sp³-hybridized carbons (Fsp3) is 0.846. The van der Waals surface area contributed by atoms with Crippen LogP contribution in [0.2, 0.25) is 0 Å². The van der Waals surface area contributed by atoms with Crippen LogP contribution in [0.5, 0.6) is 0 Å². The predicted octanol–water partition coefficient (Wildman–Crippen LogP) is 1.76. The zero-order chi connectivity index (χ0) is 11.7. The first-order valence-electron chi connectivity index (χ1n) is 6.91. The van der Waals surface area contributed by atoms with Gasteiger partial charge in [0.1, 0.15) is 12.2 Å². The minimum atomic E-state index is 0.501. The van der Waals surface area contributed by atoms with Gasteiger partial charge in [0.15, 0.2) is 0 Å². The fourth-order valence-electron chi connectivity index (χ4n) is 2.40. The largest absolute Gasteiger partial charge is 0.313 e. The maximum absolute atomic E-state index is 4.43. The molecule has 1 N–H and O–H groups in total. The monoisotopic (exact) mass is 234 g/mol. The van der Waals surface area contributed by atoms with Gasteiger partial charge in [0, 0.05) is 25.6 Å². The van der Waals surface area contributed by atoms with Crippen molar-refractivity contribution in [1.29, 1.82) is 0 Å². The molecule has 17 heavy (non-hydrogen) atoms. The molecule has 2 aliphatic carbocycles. The van der Waals surface area contributed by atoms with Gasteiger partial charge in [0.25, 0.3) is 0 Å². The van der Waals surface area contributed by atoms with Gasteiger partial charge in [-0.3, -0.25) is 4.68 Å². The Kier molecular flexibility index (Phi) is 2.90. The summed E-state index contributed by atoms with van der Waals surface area (Å²) in [5.74, 6) is 1.18. The van der Waals surface area contributed by atoms with Gasteiger partial charge < -0.3 is 5.32 Å². The molecule has 1 aromatic rings. The van der Waals surface area contributed by atoms with Gasteiger partial charge in [-0.2, -0.15) is 5.10 Å². The summed E-state index contributed by atoms with van der Waals surface area (Å²) in [5, 5.41) is 7.98. The molecule has 94 valence electrons. The lowest BCUT2D eigenvalue weighted by Gasteiger charge is -2.15. The Hall–Kier alpha value is -0.900. The van der Waals surface area contributed by atoms with Crippen LogP contribution >= 0.6 is 0 Å². The first-order chi connectivity index (χ1) is 8.31. The SMILES string of the molecule is CCCn1ncnc1CC1(CNC2CC2)CC1. The van der Waals surface area contributed by atoms with Crippen molar-refractivity contribution >= 4 is 0 Å². The second-order valence-corrected chi connectivity index (χ2v) is 5.73. The average molecular weight is 234 g/mol. The second kappa shape index (κ2) is 4.41. The zero-order valence-corrected chi connectivity index (χ0v) is 10.7. The standard InChI is InChI=1S/C13H22N4/c1-2-7-17-12(15-10-16-17)8-13(5-6-13)9-14-11-3-4-11/h10-11,14H,2-9H2,1H3. The molecule has 0 aromatic carbocycles. The molecule has 4 nitrogen and oxygen atoms in total. The van der Waals surface area contributed by atoms with Crippen LogP contribution in [0, 0.1) is 5.41 Å². The van der Waals surface area contributed by atoms with Crippen molar-refractivity contribution in [3.63, 3.8) is 0 Å². The molecule has 0 spiro atoms. The molecule has 3 rings (SSSR count). The molecule has 1 aromatic heterocycles. The average Bonchev–Trinajstić information content (AvgIpc) is 3.21. The molecule has 1 heterocycles. The van der Waals surface area contributed by atoms with Crippen LogP contribution in [0.15, 0.2) is 6.33 Å². The smallest absolute Gasteiger partial charge is 0.138 e. The molecule has 0 aliphatic heterocycles. The van der Waals surface area contributed by atoms with E-state index in [1.54, 1.807) is 6.33 Å². The minimum absolute atomic E-state index is 0.501. The molecule has 0 unspecified atom stereocenters. The number of nitrogens with zero attached hydrogens (tertiary/aromatic N) is 3. The van der Waals surface area contributed by atoms with E-state index in [1.807, 2.05) is 0 Å². The third-order valence-electron chi connectivity index (χ3n) is 3.96. The summed E-state index contributed by atoms with van der Waals surface area (Å²) in [7, 11) is 0. The highest BCUT2D eigenvalue weighted by atomic mass is 15.3. The third-order valence-corrected chi connectivity index (χ3v) is 3.96. The van der Waals surface area contributed by atoms with E-state index in [-0.39, 0.29) is 0 Å². The van der Waals surface area contributed by atoms with Gasteiger partial charge in [-0.1, -0.05) is 6.92 Å². The summed E-state index contributed by atoms with van der Waals surface area (Å²) in [6.45, 7) is 4.37. The third kappa shape index (κ3) is 2.68. The van der Waals surface area contributed by atoms with Crippen LogP contribution in [0.3, 0.4) is 0 Å². The second-order valence-electron chi connectivity index (χ2n) is 5.73. The fourth-order valence-corrected chi connectivity index (χ4v) is 2.40. The lowest BCUT2D eigenvalue weighted by Crippen LogP contribution is -2.28. The first kappa shape index (κ1) is 11.2. The molecule has 0 saturated heterocycles. The quantitative estimate of drug-likeness (QED) is 0.782. The molecule has 2 fully saturated rings. The molecular formula is C13H22N4. The summed E-state index contributed by atoms with van der Waals surface area (Å²) >= 11 is 0. The number of aryl methyl sites for hydroxylation is 1. The number of aromatic nitrogens is 3. The molecule has 0 atom stereocenters. The van der Waals surface area contributed by atoms with Gasteiger partial charge in [0.2, 0.25) is 0 Å².